The van der Waals surface area contributed by atoms with Crippen LogP contribution in [0.4, 0.5) is 0 Å². The summed E-state index contributed by atoms with van der Waals surface area (Å²) in [7, 11) is -3.02. The first kappa shape index (κ1) is 22.5. The van der Waals surface area contributed by atoms with E-state index in [0.717, 1.165) is 27.0 Å². The Morgan fingerprint density at radius 2 is 1.29 bits per heavy atom. The number of aromatic nitrogens is 3. The zero-order valence-electron chi connectivity index (χ0n) is 18.7. The van der Waals surface area contributed by atoms with E-state index in [9.17, 15) is 9.36 Å². The highest BCUT2D eigenvalue weighted by Crippen LogP contribution is 2.42. The van der Waals surface area contributed by atoms with Gasteiger partial charge in [0.25, 0.3) is 0 Å². The highest BCUT2D eigenvalue weighted by Gasteiger charge is 2.29. The van der Waals surface area contributed by atoms with E-state index in [-0.39, 0.29) is 5.56 Å². The monoisotopic (exact) mass is 479 g/mol. The molecule has 1 heterocycles. The van der Waals surface area contributed by atoms with Crippen LogP contribution in [0.5, 0.6) is 0 Å². The van der Waals surface area contributed by atoms with Crippen molar-refractivity contribution in [1.29, 1.82) is 0 Å². The van der Waals surface area contributed by atoms with Crippen molar-refractivity contribution in [3.63, 3.8) is 0 Å². The summed E-state index contributed by atoms with van der Waals surface area (Å²) in [6.07, 6.45) is 1.84. The van der Waals surface area contributed by atoms with Crippen molar-refractivity contribution in [3.05, 3.63) is 127 Å². The number of hydrogen-bond acceptors (Lipinski definition) is 4. The van der Waals surface area contributed by atoms with Crippen LogP contribution in [0.3, 0.4) is 0 Å². The summed E-state index contributed by atoms with van der Waals surface area (Å²) in [5.41, 5.74) is 2.74. The highest BCUT2D eigenvalue weighted by molar-refractivity contribution is 7.85. The van der Waals surface area contributed by atoms with Crippen molar-refractivity contribution >= 4 is 29.0 Å². The van der Waals surface area contributed by atoms with E-state index in [2.05, 4.69) is 10.3 Å². The summed E-state index contributed by atoms with van der Waals surface area (Å²) < 4.78 is 16.2. The third-order valence-electron chi connectivity index (χ3n) is 5.85. The first-order valence-corrected chi connectivity index (χ1v) is 12.8. The molecule has 5 rings (SSSR count). The average Bonchev–Trinajstić information content (AvgIpc) is 3.38. The molecule has 0 unspecified atom stereocenters. The number of nitrogens with zero attached hydrogens (tertiary/aromatic N) is 3. The molecule has 5 aromatic rings. The fourth-order valence-corrected chi connectivity index (χ4v) is 6.66. The summed E-state index contributed by atoms with van der Waals surface area (Å²) in [6, 6.07) is 33.5. The van der Waals surface area contributed by atoms with E-state index >= 15 is 0 Å². The molecule has 172 valence electrons. The minimum absolute atomic E-state index is 0.247. The summed E-state index contributed by atoms with van der Waals surface area (Å²) in [5.74, 6) is -0.952. The smallest absolute Gasteiger partial charge is 0.335 e. The van der Waals surface area contributed by atoms with Gasteiger partial charge in [-0.25, -0.2) is 9.48 Å². The van der Waals surface area contributed by atoms with Gasteiger partial charge in [0.2, 0.25) is 0 Å². The zero-order valence-corrected chi connectivity index (χ0v) is 19.6. The van der Waals surface area contributed by atoms with Crippen LogP contribution in [0.1, 0.15) is 15.9 Å². The fourth-order valence-electron chi connectivity index (χ4n) is 4.01. The van der Waals surface area contributed by atoms with Gasteiger partial charge in [0.15, 0.2) is 7.14 Å². The second-order valence-corrected chi connectivity index (χ2v) is 10.9. The summed E-state index contributed by atoms with van der Waals surface area (Å²) >= 11 is 0. The van der Waals surface area contributed by atoms with Gasteiger partial charge >= 0.3 is 5.97 Å². The normalized spacial score (nSPS) is 11.3. The van der Waals surface area contributed by atoms with Crippen LogP contribution in [0.2, 0.25) is 0 Å². The predicted octanol–water partition coefficient (Wildman–Crippen LogP) is 4.33. The maximum absolute atomic E-state index is 14.5. The molecule has 1 N–H and O–H groups in total. The van der Waals surface area contributed by atoms with Gasteiger partial charge in [-0.3, -0.25) is 0 Å². The van der Waals surface area contributed by atoms with Crippen LogP contribution in [-0.4, -0.2) is 26.1 Å². The van der Waals surface area contributed by atoms with Crippen LogP contribution in [0.25, 0.3) is 11.3 Å². The lowest BCUT2D eigenvalue weighted by Crippen LogP contribution is -2.24. The maximum Gasteiger partial charge on any atom is 0.335 e. The Bertz CT molecular complexity index is 1450. The van der Waals surface area contributed by atoms with Crippen molar-refractivity contribution in [2.75, 3.05) is 0 Å². The quantitative estimate of drug-likeness (QED) is 0.351. The predicted molar refractivity (Wildman–Crippen MR) is 137 cm³/mol. The molecule has 0 aliphatic carbocycles. The van der Waals surface area contributed by atoms with Crippen LogP contribution in [0, 0.1) is 0 Å². The Balaban J connectivity index is 1.42. The van der Waals surface area contributed by atoms with Crippen molar-refractivity contribution in [1.82, 2.24) is 15.0 Å². The summed E-state index contributed by atoms with van der Waals surface area (Å²) in [5, 5.41) is 19.9. The van der Waals surface area contributed by atoms with Crippen molar-refractivity contribution in [2.45, 2.75) is 6.54 Å². The van der Waals surface area contributed by atoms with E-state index in [1.807, 2.05) is 91.1 Å². The molecule has 0 saturated heterocycles. The fraction of sp³-hybridized carbons (Fsp3) is 0.0357. The third-order valence-corrected chi connectivity index (χ3v) is 8.93. The number of carboxylic acids is 1. The summed E-state index contributed by atoms with van der Waals surface area (Å²) in [4.78, 5) is 11.0. The van der Waals surface area contributed by atoms with E-state index in [1.54, 1.807) is 28.9 Å². The minimum atomic E-state index is -3.02. The molecule has 4 aromatic carbocycles. The number of carboxylic acid groups (broad SMARTS) is 1. The Morgan fingerprint density at radius 1 is 0.743 bits per heavy atom. The van der Waals surface area contributed by atoms with Gasteiger partial charge in [0.05, 0.1) is 18.3 Å². The van der Waals surface area contributed by atoms with Gasteiger partial charge in [-0.05, 0) is 17.7 Å². The Morgan fingerprint density at radius 3 is 1.83 bits per heavy atom. The standard InChI is InChI=1S/C28H22N3O3P/c32-28(33)23-13-11-21(12-14-23)19-31-20-27(29-30-31)22-15-17-26(18-16-22)35(34,24-7-3-1-4-8-24)25-9-5-2-6-10-25/h1-18,20H,19H2,(H,32,33). The molecule has 0 bridgehead atoms. The Hall–Kier alpha value is -4.28. The second-order valence-electron chi connectivity index (χ2n) is 8.13. The number of benzene rings is 4. The largest absolute Gasteiger partial charge is 0.478 e. The first-order chi connectivity index (χ1) is 17.0. The van der Waals surface area contributed by atoms with Crippen LogP contribution in [0.15, 0.2) is 115 Å². The van der Waals surface area contributed by atoms with E-state index < -0.39 is 13.1 Å². The lowest BCUT2D eigenvalue weighted by Gasteiger charge is -2.20. The minimum Gasteiger partial charge on any atom is -0.478 e. The van der Waals surface area contributed by atoms with Crippen LogP contribution in [-0.2, 0) is 11.1 Å². The molecule has 6 nitrogen and oxygen atoms in total. The van der Waals surface area contributed by atoms with Gasteiger partial charge in [-0.1, -0.05) is 102 Å². The molecule has 35 heavy (non-hydrogen) atoms. The molecule has 0 saturated carbocycles. The average molecular weight is 479 g/mol. The second kappa shape index (κ2) is 9.53. The maximum atomic E-state index is 14.5. The van der Waals surface area contributed by atoms with Gasteiger partial charge in [0.1, 0.15) is 5.69 Å². The number of hydrogen-bond donors (Lipinski definition) is 1. The highest BCUT2D eigenvalue weighted by atomic mass is 31.2. The van der Waals surface area contributed by atoms with Gasteiger partial charge in [-0.2, -0.15) is 0 Å². The third kappa shape index (κ3) is 4.57. The molecule has 0 aliphatic heterocycles. The molecule has 0 atom stereocenters. The van der Waals surface area contributed by atoms with Gasteiger partial charge in [0, 0.05) is 21.5 Å². The molecule has 0 amide bonds. The van der Waals surface area contributed by atoms with E-state index in [0.29, 0.717) is 12.2 Å². The topological polar surface area (TPSA) is 85.1 Å². The van der Waals surface area contributed by atoms with Crippen molar-refractivity contribution in [2.24, 2.45) is 0 Å². The lowest BCUT2D eigenvalue weighted by atomic mass is 10.1. The SMILES string of the molecule is O=C(O)c1ccc(Cn2cc(-c3ccc(P(=O)(c4ccccc4)c4ccccc4)cc3)nn2)cc1. The zero-order chi connectivity index (χ0) is 24.3. The number of aromatic carboxylic acids is 1. The molecule has 0 radical (unpaired) electrons. The Kier molecular flexibility index (Phi) is 6.13. The van der Waals surface area contributed by atoms with E-state index in [1.165, 1.54) is 0 Å². The molecule has 0 fully saturated rings. The van der Waals surface area contributed by atoms with Crippen molar-refractivity contribution < 1.29 is 14.5 Å². The van der Waals surface area contributed by atoms with Gasteiger partial charge < -0.3 is 9.67 Å². The van der Waals surface area contributed by atoms with Crippen LogP contribution >= 0.6 is 7.14 Å². The molecular formula is C28H22N3O3P. The lowest BCUT2D eigenvalue weighted by molar-refractivity contribution is 0.0697. The first-order valence-electron chi connectivity index (χ1n) is 11.1. The number of rotatable bonds is 7. The van der Waals surface area contributed by atoms with Gasteiger partial charge in [-0.15, -0.1) is 5.10 Å². The number of carbonyl (C=O) groups is 1. The molecule has 0 aliphatic rings. The van der Waals surface area contributed by atoms with Crippen molar-refractivity contribution in [3.8, 4) is 11.3 Å². The molecule has 1 aromatic heterocycles. The Labute approximate surface area is 202 Å². The van der Waals surface area contributed by atoms with Crippen LogP contribution < -0.4 is 15.9 Å². The van der Waals surface area contributed by atoms with E-state index in [4.69, 9.17) is 5.11 Å². The summed E-state index contributed by atoms with van der Waals surface area (Å²) in [6.45, 7) is 0.474. The molecule has 0 spiro atoms. The molecule has 7 heteroatoms. The molecular weight excluding hydrogens is 457 g/mol.